The smallest absolute Gasteiger partial charge is 0.139 e. The normalized spacial score (nSPS) is 25.3. The van der Waals surface area contributed by atoms with Crippen molar-refractivity contribution in [3.05, 3.63) is 42.5 Å². The van der Waals surface area contributed by atoms with Crippen molar-refractivity contribution in [2.75, 3.05) is 13.1 Å². The van der Waals surface area contributed by atoms with Crippen LogP contribution in [-0.4, -0.2) is 33.6 Å². The van der Waals surface area contributed by atoms with Gasteiger partial charge in [0.2, 0.25) is 0 Å². The Morgan fingerprint density at radius 1 is 1.04 bits per heavy atom. The van der Waals surface area contributed by atoms with Gasteiger partial charge in [-0.15, -0.1) is 0 Å². The zero-order valence-corrected chi connectivity index (χ0v) is 13.5. The molecule has 0 N–H and O–H groups in total. The van der Waals surface area contributed by atoms with E-state index in [-0.39, 0.29) is 5.82 Å². The Bertz CT molecular complexity index is 647. The maximum atomic E-state index is 13.2. The maximum absolute atomic E-state index is 13.2. The Labute approximate surface area is 137 Å². The molecule has 4 rings (SSSR count). The predicted octanol–water partition coefficient (Wildman–Crippen LogP) is 3.95. The molecule has 122 valence electrons. The molecule has 2 aromatic rings. The van der Waals surface area contributed by atoms with Crippen LogP contribution in [0.4, 0.5) is 4.39 Å². The summed E-state index contributed by atoms with van der Waals surface area (Å²) in [6.07, 6.45) is 10.6. The summed E-state index contributed by atoms with van der Waals surface area (Å²) in [5.41, 5.74) is 0.993. The highest BCUT2D eigenvalue weighted by Crippen LogP contribution is 2.32. The summed E-state index contributed by atoms with van der Waals surface area (Å²) >= 11 is 0. The summed E-state index contributed by atoms with van der Waals surface area (Å²) in [6, 6.07) is 7.40. The standard InChI is InChI=1S/C19H24FN3/c20-17-8-6-15(7-9-17)19-21-10-13-23(19)14-16-4-3-12-22-11-2-1-5-18(16)22/h6-10,13,16,18H,1-5,11-12,14H2/t16-,18+/m0/s1. The second-order valence-electron chi connectivity index (χ2n) is 6.91. The Kier molecular flexibility index (Phi) is 4.17. The van der Waals surface area contributed by atoms with Crippen molar-refractivity contribution in [3.8, 4) is 11.4 Å². The molecular formula is C19H24FN3. The Morgan fingerprint density at radius 3 is 2.74 bits per heavy atom. The minimum atomic E-state index is -0.197. The molecule has 23 heavy (non-hydrogen) atoms. The lowest BCUT2D eigenvalue weighted by molar-refractivity contribution is 0.0521. The number of benzene rings is 1. The van der Waals surface area contributed by atoms with Gasteiger partial charge in [0.25, 0.3) is 0 Å². The molecule has 0 spiro atoms. The highest BCUT2D eigenvalue weighted by atomic mass is 19.1. The van der Waals surface area contributed by atoms with Gasteiger partial charge in [0.1, 0.15) is 11.6 Å². The third-order valence-corrected chi connectivity index (χ3v) is 5.48. The van der Waals surface area contributed by atoms with Gasteiger partial charge in [-0.25, -0.2) is 9.37 Å². The minimum absolute atomic E-state index is 0.197. The van der Waals surface area contributed by atoms with Gasteiger partial charge in [0.05, 0.1) is 0 Å². The Morgan fingerprint density at radius 2 is 1.87 bits per heavy atom. The summed E-state index contributed by atoms with van der Waals surface area (Å²) < 4.78 is 15.4. The van der Waals surface area contributed by atoms with Crippen LogP contribution in [0.5, 0.6) is 0 Å². The first-order valence-electron chi connectivity index (χ1n) is 8.82. The Hall–Kier alpha value is -1.68. The minimum Gasteiger partial charge on any atom is -0.331 e. The number of halogens is 1. The van der Waals surface area contributed by atoms with Gasteiger partial charge < -0.3 is 9.47 Å². The zero-order valence-electron chi connectivity index (χ0n) is 13.5. The van der Waals surface area contributed by atoms with Crippen LogP contribution >= 0.6 is 0 Å². The third-order valence-electron chi connectivity index (χ3n) is 5.48. The molecule has 2 aliphatic rings. The SMILES string of the molecule is Fc1ccc(-c2nccn2C[C@@H]2CCCN3CCCC[C@H]23)cc1. The van der Waals surface area contributed by atoms with Crippen LogP contribution in [-0.2, 0) is 6.54 Å². The predicted molar refractivity (Wildman–Crippen MR) is 89.6 cm³/mol. The molecule has 0 amide bonds. The molecule has 2 atom stereocenters. The molecule has 0 bridgehead atoms. The van der Waals surface area contributed by atoms with E-state index in [1.807, 2.05) is 18.3 Å². The number of hydrogen-bond acceptors (Lipinski definition) is 2. The average Bonchev–Trinajstić information content (AvgIpc) is 3.04. The number of fused-ring (bicyclic) bond motifs is 1. The lowest BCUT2D eigenvalue weighted by Gasteiger charge is -2.44. The summed E-state index contributed by atoms with van der Waals surface area (Å²) in [5.74, 6) is 1.47. The highest BCUT2D eigenvalue weighted by Gasteiger charge is 2.33. The highest BCUT2D eigenvalue weighted by molar-refractivity contribution is 5.55. The fourth-order valence-electron chi connectivity index (χ4n) is 4.36. The van der Waals surface area contributed by atoms with Crippen LogP contribution in [0.2, 0.25) is 0 Å². The number of imidazole rings is 1. The summed E-state index contributed by atoms with van der Waals surface area (Å²) in [6.45, 7) is 3.57. The van der Waals surface area contributed by atoms with E-state index < -0.39 is 0 Å². The third kappa shape index (κ3) is 3.05. The van der Waals surface area contributed by atoms with Crippen molar-refractivity contribution in [1.29, 1.82) is 0 Å². The number of piperidine rings is 2. The lowest BCUT2D eigenvalue weighted by Crippen LogP contribution is -2.49. The van der Waals surface area contributed by atoms with Gasteiger partial charge in [-0.05, 0) is 69.0 Å². The van der Waals surface area contributed by atoms with Crippen LogP contribution in [0.15, 0.2) is 36.7 Å². The van der Waals surface area contributed by atoms with Crippen LogP contribution < -0.4 is 0 Å². The van der Waals surface area contributed by atoms with E-state index in [4.69, 9.17) is 0 Å². The number of aromatic nitrogens is 2. The second-order valence-corrected chi connectivity index (χ2v) is 6.91. The molecule has 2 saturated heterocycles. The molecule has 0 radical (unpaired) electrons. The van der Waals surface area contributed by atoms with Crippen molar-refractivity contribution >= 4 is 0 Å². The number of hydrogen-bond donors (Lipinski definition) is 0. The maximum Gasteiger partial charge on any atom is 0.139 e. The molecule has 0 unspecified atom stereocenters. The first kappa shape index (κ1) is 14.9. The largest absolute Gasteiger partial charge is 0.331 e. The monoisotopic (exact) mass is 313 g/mol. The average molecular weight is 313 g/mol. The first-order valence-corrected chi connectivity index (χ1v) is 8.82. The van der Waals surface area contributed by atoms with Gasteiger partial charge in [-0.3, -0.25) is 0 Å². The Balaban J connectivity index is 1.55. The number of rotatable bonds is 3. The fraction of sp³-hybridized carbons (Fsp3) is 0.526. The summed E-state index contributed by atoms with van der Waals surface area (Å²) in [7, 11) is 0. The molecule has 0 saturated carbocycles. The van der Waals surface area contributed by atoms with Crippen molar-refractivity contribution in [3.63, 3.8) is 0 Å². The molecule has 3 nitrogen and oxygen atoms in total. The van der Waals surface area contributed by atoms with Crippen molar-refractivity contribution in [2.24, 2.45) is 5.92 Å². The molecule has 1 aromatic heterocycles. The van der Waals surface area contributed by atoms with Crippen molar-refractivity contribution in [1.82, 2.24) is 14.5 Å². The fourth-order valence-corrected chi connectivity index (χ4v) is 4.36. The first-order chi connectivity index (χ1) is 11.3. The molecule has 1 aromatic carbocycles. The summed E-state index contributed by atoms with van der Waals surface area (Å²) in [5, 5.41) is 0. The second kappa shape index (κ2) is 6.44. The van der Waals surface area contributed by atoms with Gasteiger partial charge in [-0.2, -0.15) is 0 Å². The van der Waals surface area contributed by atoms with Gasteiger partial charge in [0, 0.05) is 30.5 Å². The van der Waals surface area contributed by atoms with Crippen LogP contribution in [0.1, 0.15) is 32.1 Å². The van der Waals surface area contributed by atoms with Crippen LogP contribution in [0, 0.1) is 11.7 Å². The molecule has 2 fully saturated rings. The molecular weight excluding hydrogens is 289 g/mol. The van der Waals surface area contributed by atoms with Crippen LogP contribution in [0.25, 0.3) is 11.4 Å². The summed E-state index contributed by atoms with van der Waals surface area (Å²) in [4.78, 5) is 7.21. The van der Waals surface area contributed by atoms with Gasteiger partial charge >= 0.3 is 0 Å². The lowest BCUT2D eigenvalue weighted by atomic mass is 9.83. The molecule has 2 aliphatic heterocycles. The molecule has 0 aliphatic carbocycles. The van der Waals surface area contributed by atoms with E-state index in [0.29, 0.717) is 5.92 Å². The zero-order chi connectivity index (χ0) is 15.6. The molecule has 4 heteroatoms. The quantitative estimate of drug-likeness (QED) is 0.855. The van der Waals surface area contributed by atoms with E-state index in [1.54, 1.807) is 0 Å². The van der Waals surface area contributed by atoms with Gasteiger partial charge in [0.15, 0.2) is 0 Å². The van der Waals surface area contributed by atoms with E-state index in [0.717, 1.165) is 24.0 Å². The van der Waals surface area contributed by atoms with Crippen molar-refractivity contribution < 1.29 is 4.39 Å². The van der Waals surface area contributed by atoms with E-state index in [2.05, 4.69) is 20.6 Å². The molecule has 3 heterocycles. The van der Waals surface area contributed by atoms with Crippen LogP contribution in [0.3, 0.4) is 0 Å². The van der Waals surface area contributed by atoms with E-state index in [9.17, 15) is 4.39 Å². The topological polar surface area (TPSA) is 21.1 Å². The van der Waals surface area contributed by atoms with Gasteiger partial charge in [-0.1, -0.05) is 6.42 Å². The van der Waals surface area contributed by atoms with E-state index >= 15 is 0 Å². The van der Waals surface area contributed by atoms with Crippen molar-refractivity contribution in [2.45, 2.75) is 44.7 Å². The number of nitrogens with zero attached hydrogens (tertiary/aromatic N) is 3. The van der Waals surface area contributed by atoms with E-state index in [1.165, 1.54) is 57.3 Å².